The van der Waals surface area contributed by atoms with Crippen molar-refractivity contribution in [2.75, 3.05) is 5.75 Å². The second kappa shape index (κ2) is 11.6. The van der Waals surface area contributed by atoms with E-state index in [1.807, 2.05) is 13.8 Å². The van der Waals surface area contributed by atoms with Crippen LogP contribution in [0.25, 0.3) is 0 Å². The number of nitrogens with zero attached hydrogens (tertiary/aromatic N) is 1. The van der Waals surface area contributed by atoms with E-state index >= 15 is 0 Å². The number of carbonyl (C=O) groups excluding carboxylic acids is 2. The first kappa shape index (κ1) is 24.5. The Morgan fingerprint density at radius 3 is 2.23 bits per heavy atom. The van der Waals surface area contributed by atoms with Gasteiger partial charge in [-0.25, -0.2) is 4.39 Å². The fraction of sp³-hybridized carbons (Fsp3) is 0.364. The third kappa shape index (κ3) is 7.18. The highest BCUT2D eigenvalue weighted by atomic mass is 35.5. The molecule has 2 aromatic rings. The van der Waals surface area contributed by atoms with Crippen molar-refractivity contribution in [1.29, 1.82) is 0 Å². The van der Waals surface area contributed by atoms with Gasteiger partial charge in [0.2, 0.25) is 11.8 Å². The maximum atomic E-state index is 13.0. The number of benzene rings is 2. The molecule has 162 valence electrons. The van der Waals surface area contributed by atoms with Crippen molar-refractivity contribution in [3.05, 3.63) is 69.5 Å². The van der Waals surface area contributed by atoms with Crippen LogP contribution < -0.4 is 5.32 Å². The summed E-state index contributed by atoms with van der Waals surface area (Å²) in [5.41, 5.74) is 1.52. The van der Waals surface area contributed by atoms with Gasteiger partial charge >= 0.3 is 0 Å². The van der Waals surface area contributed by atoms with Crippen molar-refractivity contribution in [1.82, 2.24) is 10.2 Å². The van der Waals surface area contributed by atoms with Crippen LogP contribution >= 0.6 is 35.0 Å². The van der Waals surface area contributed by atoms with E-state index < -0.39 is 6.04 Å². The minimum atomic E-state index is -0.696. The molecular weight excluding hydrogens is 446 g/mol. The van der Waals surface area contributed by atoms with Crippen LogP contribution in [0.4, 0.5) is 4.39 Å². The number of hydrogen-bond acceptors (Lipinski definition) is 3. The second-order valence-corrected chi connectivity index (χ2v) is 8.98. The van der Waals surface area contributed by atoms with Gasteiger partial charge in [0.05, 0.1) is 5.75 Å². The monoisotopic (exact) mass is 470 g/mol. The fourth-order valence-corrected chi connectivity index (χ4v) is 4.15. The molecule has 0 fully saturated rings. The van der Waals surface area contributed by atoms with Crippen molar-refractivity contribution >= 4 is 46.8 Å². The third-order valence-electron chi connectivity index (χ3n) is 4.40. The normalized spacial score (nSPS) is 12.0. The van der Waals surface area contributed by atoms with E-state index in [2.05, 4.69) is 5.32 Å². The quantitative estimate of drug-likeness (QED) is 0.540. The molecular formula is C22H25Cl2FN2O2S. The van der Waals surface area contributed by atoms with Gasteiger partial charge in [-0.1, -0.05) is 41.4 Å². The molecule has 0 bridgehead atoms. The van der Waals surface area contributed by atoms with Crippen molar-refractivity contribution in [3.8, 4) is 0 Å². The standard InChI is InChI=1S/C22H25Cl2FN2O2S/c1-14(2)26-22(29)15(3)27(11-18-19(23)5-4-6-20(18)24)21(28)13-30-12-16-7-9-17(25)10-8-16/h4-10,14-15H,11-13H2,1-3H3,(H,26,29)/t15-/m0/s1. The molecule has 0 spiro atoms. The van der Waals surface area contributed by atoms with Gasteiger partial charge in [0.15, 0.2) is 0 Å². The maximum absolute atomic E-state index is 13.0. The zero-order valence-electron chi connectivity index (χ0n) is 17.1. The number of hydrogen-bond donors (Lipinski definition) is 1. The number of thioether (sulfide) groups is 1. The summed E-state index contributed by atoms with van der Waals surface area (Å²) < 4.78 is 13.0. The molecule has 0 radical (unpaired) electrons. The second-order valence-electron chi connectivity index (χ2n) is 7.18. The first-order chi connectivity index (χ1) is 14.2. The zero-order chi connectivity index (χ0) is 22.3. The molecule has 1 N–H and O–H groups in total. The van der Waals surface area contributed by atoms with E-state index in [-0.39, 0.29) is 36.0 Å². The topological polar surface area (TPSA) is 49.4 Å². The van der Waals surface area contributed by atoms with Crippen LogP contribution in [0.2, 0.25) is 10.0 Å². The summed E-state index contributed by atoms with van der Waals surface area (Å²) in [5, 5.41) is 3.72. The molecule has 0 aliphatic carbocycles. The molecule has 2 rings (SSSR count). The molecule has 0 unspecified atom stereocenters. The van der Waals surface area contributed by atoms with Crippen LogP contribution in [-0.2, 0) is 21.9 Å². The van der Waals surface area contributed by atoms with E-state index in [1.165, 1.54) is 28.8 Å². The Kier molecular flexibility index (Phi) is 9.46. The molecule has 0 aromatic heterocycles. The van der Waals surface area contributed by atoms with Crippen molar-refractivity contribution < 1.29 is 14.0 Å². The van der Waals surface area contributed by atoms with E-state index in [4.69, 9.17) is 23.2 Å². The maximum Gasteiger partial charge on any atom is 0.242 e. The number of halogens is 3. The first-order valence-electron chi connectivity index (χ1n) is 9.54. The van der Waals surface area contributed by atoms with Crippen LogP contribution in [0.15, 0.2) is 42.5 Å². The molecule has 0 aliphatic rings. The van der Waals surface area contributed by atoms with Gasteiger partial charge < -0.3 is 10.2 Å². The van der Waals surface area contributed by atoms with Gasteiger partial charge in [0.25, 0.3) is 0 Å². The summed E-state index contributed by atoms with van der Waals surface area (Å²) in [6.45, 7) is 5.53. The predicted molar refractivity (Wildman–Crippen MR) is 122 cm³/mol. The van der Waals surface area contributed by atoms with E-state index in [1.54, 1.807) is 37.3 Å². The molecule has 2 aromatic carbocycles. The molecule has 0 aliphatic heterocycles. The lowest BCUT2D eigenvalue weighted by molar-refractivity contribution is -0.138. The summed E-state index contributed by atoms with van der Waals surface area (Å²) in [7, 11) is 0. The Morgan fingerprint density at radius 1 is 1.07 bits per heavy atom. The third-order valence-corrected chi connectivity index (χ3v) is 6.09. The predicted octanol–water partition coefficient (Wildman–Crippen LogP) is 5.31. The SMILES string of the molecule is CC(C)NC(=O)[C@H](C)N(Cc1c(Cl)cccc1Cl)C(=O)CSCc1ccc(F)cc1. The lowest BCUT2D eigenvalue weighted by Gasteiger charge is -2.30. The highest BCUT2D eigenvalue weighted by molar-refractivity contribution is 7.99. The van der Waals surface area contributed by atoms with Crippen molar-refractivity contribution in [3.63, 3.8) is 0 Å². The summed E-state index contributed by atoms with van der Waals surface area (Å²) >= 11 is 14.0. The molecule has 0 saturated heterocycles. The number of nitrogens with one attached hydrogen (secondary N) is 1. The molecule has 2 amide bonds. The average Bonchev–Trinajstić information content (AvgIpc) is 2.68. The zero-order valence-corrected chi connectivity index (χ0v) is 19.5. The van der Waals surface area contributed by atoms with E-state index in [0.29, 0.717) is 21.4 Å². The van der Waals surface area contributed by atoms with Crippen LogP contribution in [0, 0.1) is 5.82 Å². The minimum Gasteiger partial charge on any atom is -0.352 e. The van der Waals surface area contributed by atoms with Crippen LogP contribution in [0.1, 0.15) is 31.9 Å². The molecule has 8 heteroatoms. The summed E-state index contributed by atoms with van der Waals surface area (Å²) in [4.78, 5) is 27.1. The Bertz CT molecular complexity index is 858. The van der Waals surface area contributed by atoms with Gasteiger partial charge in [-0.2, -0.15) is 0 Å². The average molecular weight is 471 g/mol. The van der Waals surface area contributed by atoms with Gasteiger partial charge in [0.1, 0.15) is 11.9 Å². The number of carbonyl (C=O) groups is 2. The van der Waals surface area contributed by atoms with Crippen molar-refractivity contribution in [2.45, 2.75) is 45.2 Å². The van der Waals surface area contributed by atoms with E-state index in [0.717, 1.165) is 5.56 Å². The van der Waals surface area contributed by atoms with Crippen LogP contribution in [-0.4, -0.2) is 34.6 Å². The lowest BCUT2D eigenvalue weighted by Crippen LogP contribution is -2.49. The molecule has 0 saturated carbocycles. The van der Waals surface area contributed by atoms with Gasteiger partial charge in [-0.15, -0.1) is 11.8 Å². The Balaban J connectivity index is 2.13. The van der Waals surface area contributed by atoms with Crippen molar-refractivity contribution in [2.24, 2.45) is 0 Å². The van der Waals surface area contributed by atoms with Gasteiger partial charge in [-0.05, 0) is 50.6 Å². The summed E-state index contributed by atoms with van der Waals surface area (Å²) in [6, 6.07) is 10.5. The first-order valence-corrected chi connectivity index (χ1v) is 11.4. The molecule has 1 atom stereocenters. The number of amides is 2. The van der Waals surface area contributed by atoms with Crippen LogP contribution in [0.5, 0.6) is 0 Å². The van der Waals surface area contributed by atoms with Gasteiger partial charge in [0, 0.05) is 33.9 Å². The van der Waals surface area contributed by atoms with Crippen LogP contribution in [0.3, 0.4) is 0 Å². The fourth-order valence-electron chi connectivity index (χ4n) is 2.76. The molecule has 0 heterocycles. The summed E-state index contributed by atoms with van der Waals surface area (Å²) in [5.74, 6) is -0.0277. The highest BCUT2D eigenvalue weighted by Crippen LogP contribution is 2.27. The smallest absolute Gasteiger partial charge is 0.242 e. The summed E-state index contributed by atoms with van der Waals surface area (Å²) in [6.07, 6.45) is 0. The molecule has 30 heavy (non-hydrogen) atoms. The number of rotatable bonds is 9. The Labute approximate surface area is 191 Å². The highest BCUT2D eigenvalue weighted by Gasteiger charge is 2.27. The Hall–Kier alpha value is -1.76. The minimum absolute atomic E-state index is 0.0475. The largest absolute Gasteiger partial charge is 0.352 e. The van der Waals surface area contributed by atoms with Gasteiger partial charge in [-0.3, -0.25) is 9.59 Å². The van der Waals surface area contributed by atoms with E-state index in [9.17, 15) is 14.0 Å². The molecule has 4 nitrogen and oxygen atoms in total. The lowest BCUT2D eigenvalue weighted by atomic mass is 10.1. The Morgan fingerprint density at radius 2 is 1.67 bits per heavy atom.